The summed E-state index contributed by atoms with van der Waals surface area (Å²) >= 11 is 11.6. The Bertz CT molecular complexity index is 1400. The molecule has 2 aromatic heterocycles. The van der Waals surface area contributed by atoms with Gasteiger partial charge in [-0.3, -0.25) is 4.79 Å². The number of methoxy groups -OCH3 is 1. The Hall–Kier alpha value is -2.93. The van der Waals surface area contributed by atoms with Crippen molar-refractivity contribution in [3.8, 4) is 0 Å². The lowest BCUT2D eigenvalue weighted by molar-refractivity contribution is -0.612. The van der Waals surface area contributed by atoms with E-state index in [1.807, 2.05) is 0 Å². The number of anilines is 1. The molecule has 186 valence electrons. The number of carbonyl (C=O) groups excluding carboxylic acids is 1. The third-order valence-corrected chi connectivity index (χ3v) is 7.03. The molecule has 0 N–H and O–H groups in total. The summed E-state index contributed by atoms with van der Waals surface area (Å²) in [5.41, 5.74) is -1.88. The summed E-state index contributed by atoms with van der Waals surface area (Å²) in [6.07, 6.45) is -2.73. The first kappa shape index (κ1) is 26.7. The van der Waals surface area contributed by atoms with E-state index in [4.69, 9.17) is 27.9 Å². The van der Waals surface area contributed by atoms with E-state index in [-0.39, 0.29) is 27.7 Å². The highest BCUT2D eigenvalue weighted by Crippen LogP contribution is 2.37. The quantitative estimate of drug-likeness (QED) is 0.187. The van der Waals surface area contributed by atoms with Gasteiger partial charge in [0.2, 0.25) is 5.78 Å². The molecule has 0 aliphatic rings. The fourth-order valence-electron chi connectivity index (χ4n) is 3.07. The third-order valence-electron chi connectivity index (χ3n) is 4.76. The number of ether oxygens (including phenoxy) is 1. The first-order valence-corrected chi connectivity index (χ1v) is 11.8. The molecule has 0 amide bonds. The van der Waals surface area contributed by atoms with E-state index in [9.17, 15) is 31.6 Å². The molecule has 0 aliphatic carbocycles. The SMILES string of the molecule is COCN(c1cc(Cl)cnc1C(=O)c1cc[n+]([O-])c(C)c1)S(=O)(=O)c1ccc(Cl)c(C(F)(F)F)c1. The maximum Gasteiger partial charge on any atom is 0.417 e. The Balaban J connectivity index is 2.20. The van der Waals surface area contributed by atoms with Crippen molar-refractivity contribution in [2.75, 3.05) is 18.1 Å². The molecule has 0 aliphatic heterocycles. The number of aryl methyl sites for hydroxylation is 1. The number of halogens is 5. The first-order valence-electron chi connectivity index (χ1n) is 9.56. The largest absolute Gasteiger partial charge is 0.619 e. The molecule has 0 saturated heterocycles. The minimum absolute atomic E-state index is 0.0197. The highest BCUT2D eigenvalue weighted by Gasteiger charge is 2.36. The van der Waals surface area contributed by atoms with Gasteiger partial charge in [0.15, 0.2) is 11.9 Å². The second kappa shape index (κ2) is 9.97. The van der Waals surface area contributed by atoms with Crippen LogP contribution in [-0.4, -0.2) is 33.0 Å². The van der Waals surface area contributed by atoms with E-state index in [0.717, 1.165) is 37.7 Å². The van der Waals surface area contributed by atoms with Crippen molar-refractivity contribution in [2.24, 2.45) is 0 Å². The number of sulfonamides is 1. The number of aromatic nitrogens is 2. The Morgan fingerprint density at radius 3 is 2.49 bits per heavy atom. The van der Waals surface area contributed by atoms with Crippen molar-refractivity contribution in [1.82, 2.24) is 4.98 Å². The van der Waals surface area contributed by atoms with Crippen molar-refractivity contribution < 1.29 is 35.9 Å². The second-order valence-corrected chi connectivity index (χ2v) is 9.85. The molecule has 3 aromatic rings. The van der Waals surface area contributed by atoms with E-state index < -0.39 is 44.2 Å². The van der Waals surface area contributed by atoms with Crippen molar-refractivity contribution >= 4 is 44.7 Å². The van der Waals surface area contributed by atoms with Crippen molar-refractivity contribution in [1.29, 1.82) is 0 Å². The fraction of sp³-hybridized carbons (Fsp3) is 0.190. The number of hydrogen-bond acceptors (Lipinski definition) is 6. The molecule has 0 spiro atoms. The van der Waals surface area contributed by atoms with Gasteiger partial charge in [-0.2, -0.15) is 17.9 Å². The highest BCUT2D eigenvalue weighted by atomic mass is 35.5. The van der Waals surface area contributed by atoms with Crippen molar-refractivity contribution in [2.45, 2.75) is 18.0 Å². The lowest BCUT2D eigenvalue weighted by atomic mass is 10.1. The zero-order valence-corrected chi connectivity index (χ0v) is 20.3. The average molecular weight is 550 g/mol. The topological polar surface area (TPSA) is 104 Å². The summed E-state index contributed by atoms with van der Waals surface area (Å²) in [6.45, 7) is 0.767. The van der Waals surface area contributed by atoms with Gasteiger partial charge in [0.1, 0.15) is 12.4 Å². The van der Waals surface area contributed by atoms with Crippen LogP contribution in [0.25, 0.3) is 0 Å². The Kier molecular flexibility index (Phi) is 7.60. The molecule has 0 unspecified atom stereocenters. The van der Waals surface area contributed by atoms with Gasteiger partial charge < -0.3 is 9.94 Å². The molecule has 0 fully saturated rings. The smallest absolute Gasteiger partial charge is 0.417 e. The van der Waals surface area contributed by atoms with Gasteiger partial charge in [0.25, 0.3) is 10.0 Å². The molecular weight excluding hydrogens is 534 g/mol. The first-order chi connectivity index (χ1) is 16.3. The predicted molar refractivity (Wildman–Crippen MR) is 121 cm³/mol. The van der Waals surface area contributed by atoms with Gasteiger partial charge in [0, 0.05) is 37.9 Å². The summed E-state index contributed by atoms with van der Waals surface area (Å²) in [6, 6.07) is 5.68. The van der Waals surface area contributed by atoms with Crippen LogP contribution < -0.4 is 9.04 Å². The Labute approximate surface area is 208 Å². The number of benzene rings is 1. The summed E-state index contributed by atoms with van der Waals surface area (Å²) < 4.78 is 73.0. The van der Waals surface area contributed by atoms with E-state index in [0.29, 0.717) is 15.1 Å². The predicted octanol–water partition coefficient (Wildman–Crippen LogP) is 4.38. The maximum absolute atomic E-state index is 13.4. The Morgan fingerprint density at radius 2 is 1.89 bits per heavy atom. The lowest BCUT2D eigenvalue weighted by Crippen LogP contribution is -2.35. The minimum Gasteiger partial charge on any atom is -0.619 e. The molecule has 14 heteroatoms. The molecule has 0 atom stereocenters. The number of ketones is 1. The molecule has 8 nitrogen and oxygen atoms in total. The normalized spacial score (nSPS) is 12.0. The summed E-state index contributed by atoms with van der Waals surface area (Å²) in [5, 5.41) is 10.9. The zero-order chi connectivity index (χ0) is 26.1. The van der Waals surface area contributed by atoms with Crippen LogP contribution in [0, 0.1) is 12.1 Å². The third kappa shape index (κ3) is 5.50. The lowest BCUT2D eigenvalue weighted by Gasteiger charge is -2.25. The fourth-order valence-corrected chi connectivity index (χ4v) is 4.85. The van der Waals surface area contributed by atoms with E-state index in [2.05, 4.69) is 4.98 Å². The highest BCUT2D eigenvalue weighted by molar-refractivity contribution is 7.92. The van der Waals surface area contributed by atoms with Gasteiger partial charge >= 0.3 is 6.18 Å². The van der Waals surface area contributed by atoms with Gasteiger partial charge in [0.05, 0.1) is 26.2 Å². The second-order valence-electron chi connectivity index (χ2n) is 7.14. The molecular formula is C21H16Cl2F3N3O5S. The van der Waals surface area contributed by atoms with Crippen LogP contribution in [-0.2, 0) is 20.9 Å². The van der Waals surface area contributed by atoms with Crippen LogP contribution in [0.2, 0.25) is 10.0 Å². The van der Waals surface area contributed by atoms with E-state index >= 15 is 0 Å². The molecule has 0 saturated carbocycles. The van der Waals surface area contributed by atoms with E-state index in [1.165, 1.54) is 19.1 Å². The van der Waals surface area contributed by atoms with Crippen LogP contribution in [0.3, 0.4) is 0 Å². The molecule has 0 bridgehead atoms. The monoisotopic (exact) mass is 549 g/mol. The van der Waals surface area contributed by atoms with Crippen LogP contribution in [0.5, 0.6) is 0 Å². The van der Waals surface area contributed by atoms with Crippen LogP contribution in [0.15, 0.2) is 53.7 Å². The van der Waals surface area contributed by atoms with Gasteiger partial charge in [-0.1, -0.05) is 23.2 Å². The Morgan fingerprint density at radius 1 is 1.20 bits per heavy atom. The van der Waals surface area contributed by atoms with Crippen LogP contribution >= 0.6 is 23.2 Å². The molecule has 1 aromatic carbocycles. The van der Waals surface area contributed by atoms with Crippen LogP contribution in [0.4, 0.5) is 18.9 Å². The summed E-state index contributed by atoms with van der Waals surface area (Å²) in [4.78, 5) is 16.4. The number of hydrogen-bond donors (Lipinski definition) is 0. The number of rotatable bonds is 7. The van der Waals surface area contributed by atoms with Crippen LogP contribution in [0.1, 0.15) is 27.3 Å². The number of carbonyl (C=O) groups is 1. The van der Waals surface area contributed by atoms with Gasteiger partial charge in [-0.25, -0.2) is 17.7 Å². The molecule has 2 heterocycles. The number of pyridine rings is 2. The van der Waals surface area contributed by atoms with Gasteiger partial charge in [-0.05, 0) is 24.3 Å². The van der Waals surface area contributed by atoms with E-state index in [1.54, 1.807) is 0 Å². The zero-order valence-electron chi connectivity index (χ0n) is 18.0. The minimum atomic E-state index is -4.92. The number of nitrogens with zero attached hydrogens (tertiary/aromatic N) is 3. The molecule has 35 heavy (non-hydrogen) atoms. The van der Waals surface area contributed by atoms with Gasteiger partial charge in [-0.15, -0.1) is 0 Å². The standard InChI is InChI=1S/C21H16Cl2F3N3O5S/c1-12-7-13(5-6-28(12)31)20(30)19-18(8-14(22)10-27-19)29(11-34-2)35(32,33)15-3-4-17(23)16(9-15)21(24,25)26/h3-10H,11H2,1-2H3. The van der Waals surface area contributed by atoms with Crippen molar-refractivity contribution in [3.05, 3.63) is 86.6 Å². The van der Waals surface area contributed by atoms with Crippen molar-refractivity contribution in [3.63, 3.8) is 0 Å². The average Bonchev–Trinajstić information content (AvgIpc) is 2.78. The molecule has 3 rings (SSSR count). The maximum atomic E-state index is 13.4. The number of alkyl halides is 3. The summed E-state index contributed by atoms with van der Waals surface area (Å²) in [7, 11) is -3.59. The summed E-state index contributed by atoms with van der Waals surface area (Å²) in [5.74, 6) is -0.760. The molecule has 0 radical (unpaired) electrons.